The first-order valence-corrected chi connectivity index (χ1v) is 5.99. The second kappa shape index (κ2) is 4.69. The van der Waals surface area contributed by atoms with Gasteiger partial charge in [0.05, 0.1) is 9.26 Å². The van der Waals surface area contributed by atoms with E-state index >= 15 is 0 Å². The van der Waals surface area contributed by atoms with Gasteiger partial charge in [0.25, 0.3) is 0 Å². The van der Waals surface area contributed by atoms with Crippen LogP contribution in [0.25, 0.3) is 0 Å². The van der Waals surface area contributed by atoms with Crippen LogP contribution in [0.15, 0.2) is 0 Å². The van der Waals surface area contributed by atoms with Gasteiger partial charge in [-0.25, -0.2) is 9.97 Å². The number of rotatable bonds is 2. The lowest BCUT2D eigenvalue weighted by Gasteiger charge is -2.03. The molecule has 0 fully saturated rings. The molecule has 0 spiro atoms. The molecule has 0 N–H and O–H groups in total. The molecule has 0 aromatic carbocycles. The van der Waals surface area contributed by atoms with Gasteiger partial charge in [-0.1, -0.05) is 6.92 Å². The predicted molar refractivity (Wildman–Crippen MR) is 66.2 cm³/mol. The molecule has 0 amide bonds. The Morgan fingerprint density at radius 3 is 2.42 bits per heavy atom. The monoisotopic (exact) mass is 388 g/mol. The average molecular weight is 388 g/mol. The van der Waals surface area contributed by atoms with Gasteiger partial charge in [0, 0.05) is 6.42 Å². The summed E-state index contributed by atoms with van der Waals surface area (Å²) < 4.78 is 2.25. The molecule has 0 bridgehead atoms. The van der Waals surface area contributed by atoms with Gasteiger partial charge in [-0.15, -0.1) is 0 Å². The topological polar surface area (TPSA) is 25.8 Å². The van der Waals surface area contributed by atoms with Crippen molar-refractivity contribution in [1.82, 2.24) is 9.97 Å². The summed E-state index contributed by atoms with van der Waals surface area (Å²) in [5, 5.41) is 0. The van der Waals surface area contributed by atoms with Crippen LogP contribution < -0.4 is 0 Å². The number of nitrogens with zero attached hydrogens (tertiary/aromatic N) is 2. The SMILES string of the molecule is CCCc1nc(C)c(I)c(I)n1. The molecule has 1 aromatic heterocycles. The number of aromatic nitrogens is 2. The zero-order chi connectivity index (χ0) is 9.14. The van der Waals surface area contributed by atoms with Crippen LogP contribution in [0.2, 0.25) is 0 Å². The van der Waals surface area contributed by atoms with Crippen LogP contribution in [0.3, 0.4) is 0 Å². The summed E-state index contributed by atoms with van der Waals surface area (Å²) in [4.78, 5) is 8.79. The largest absolute Gasteiger partial charge is 0.237 e. The van der Waals surface area contributed by atoms with E-state index in [4.69, 9.17) is 0 Å². The highest BCUT2D eigenvalue weighted by Gasteiger charge is 2.05. The van der Waals surface area contributed by atoms with Gasteiger partial charge in [-0.3, -0.25) is 0 Å². The maximum Gasteiger partial charge on any atom is 0.129 e. The van der Waals surface area contributed by atoms with Gasteiger partial charge in [-0.05, 0) is 58.5 Å². The van der Waals surface area contributed by atoms with E-state index in [1.54, 1.807) is 0 Å². The molecule has 0 saturated carbocycles. The summed E-state index contributed by atoms with van der Waals surface area (Å²) in [6.07, 6.45) is 2.09. The Balaban J connectivity index is 3.04. The van der Waals surface area contributed by atoms with Gasteiger partial charge in [0.15, 0.2) is 0 Å². The first kappa shape index (κ1) is 10.6. The molecule has 0 saturated heterocycles. The third-order valence-corrected chi connectivity index (χ3v) is 4.60. The molecule has 12 heavy (non-hydrogen) atoms. The van der Waals surface area contributed by atoms with Crippen molar-refractivity contribution in [3.05, 3.63) is 18.8 Å². The van der Waals surface area contributed by atoms with Crippen molar-refractivity contribution in [2.24, 2.45) is 0 Å². The van der Waals surface area contributed by atoms with E-state index in [1.165, 1.54) is 3.57 Å². The average Bonchev–Trinajstić information content (AvgIpc) is 2.01. The number of hydrogen-bond acceptors (Lipinski definition) is 2. The maximum atomic E-state index is 4.40. The quantitative estimate of drug-likeness (QED) is 0.576. The molecule has 66 valence electrons. The minimum atomic E-state index is 0.972. The van der Waals surface area contributed by atoms with E-state index in [9.17, 15) is 0 Å². The van der Waals surface area contributed by atoms with E-state index in [0.29, 0.717) is 0 Å². The van der Waals surface area contributed by atoms with Gasteiger partial charge in [0.2, 0.25) is 0 Å². The smallest absolute Gasteiger partial charge is 0.129 e. The fraction of sp³-hybridized carbons (Fsp3) is 0.500. The molecule has 1 aromatic rings. The zero-order valence-corrected chi connectivity index (χ0v) is 11.4. The molecule has 0 aliphatic heterocycles. The summed E-state index contributed by atoms with van der Waals surface area (Å²) >= 11 is 4.54. The van der Waals surface area contributed by atoms with Gasteiger partial charge >= 0.3 is 0 Å². The van der Waals surface area contributed by atoms with E-state index in [-0.39, 0.29) is 0 Å². The summed E-state index contributed by atoms with van der Waals surface area (Å²) in [6, 6.07) is 0. The fourth-order valence-corrected chi connectivity index (χ4v) is 1.82. The molecule has 1 heterocycles. The van der Waals surface area contributed by atoms with Crippen LogP contribution in [0.4, 0.5) is 0 Å². The fourth-order valence-electron chi connectivity index (χ4n) is 0.915. The van der Waals surface area contributed by atoms with Crippen molar-refractivity contribution < 1.29 is 0 Å². The third kappa shape index (κ3) is 2.51. The van der Waals surface area contributed by atoms with Crippen LogP contribution in [0, 0.1) is 14.2 Å². The first-order valence-electron chi connectivity index (χ1n) is 3.83. The summed E-state index contributed by atoms with van der Waals surface area (Å²) in [5.74, 6) is 0.972. The van der Waals surface area contributed by atoms with Crippen LogP contribution in [0.5, 0.6) is 0 Å². The van der Waals surface area contributed by atoms with Gasteiger partial charge in [0.1, 0.15) is 9.53 Å². The highest BCUT2D eigenvalue weighted by molar-refractivity contribution is 14.1. The van der Waals surface area contributed by atoms with Gasteiger partial charge < -0.3 is 0 Å². The molecule has 0 aliphatic rings. The predicted octanol–water partition coefficient (Wildman–Crippen LogP) is 2.95. The van der Waals surface area contributed by atoms with Crippen LogP contribution >= 0.6 is 45.2 Å². The Labute approximate surface area is 99.9 Å². The zero-order valence-electron chi connectivity index (χ0n) is 7.06. The Morgan fingerprint density at radius 2 is 1.92 bits per heavy atom. The molecule has 4 heteroatoms. The highest BCUT2D eigenvalue weighted by atomic mass is 127. The Bertz CT molecular complexity index is 263. The molecule has 0 unspecified atom stereocenters. The Morgan fingerprint density at radius 1 is 1.25 bits per heavy atom. The first-order chi connectivity index (χ1) is 5.65. The molecular formula is C8H10I2N2. The lowest BCUT2D eigenvalue weighted by Crippen LogP contribution is -2.02. The van der Waals surface area contributed by atoms with E-state index in [0.717, 1.165) is 28.1 Å². The molecular weight excluding hydrogens is 378 g/mol. The van der Waals surface area contributed by atoms with Crippen LogP contribution in [0.1, 0.15) is 24.9 Å². The van der Waals surface area contributed by atoms with Crippen molar-refractivity contribution in [1.29, 1.82) is 0 Å². The normalized spacial score (nSPS) is 10.3. The second-order valence-electron chi connectivity index (χ2n) is 2.58. The molecule has 0 atom stereocenters. The lowest BCUT2D eigenvalue weighted by molar-refractivity contribution is 0.814. The van der Waals surface area contributed by atoms with E-state index < -0.39 is 0 Å². The van der Waals surface area contributed by atoms with Crippen LogP contribution in [-0.2, 0) is 6.42 Å². The summed E-state index contributed by atoms with van der Waals surface area (Å²) in [7, 11) is 0. The number of aryl methyl sites for hydroxylation is 2. The molecule has 0 aliphatic carbocycles. The van der Waals surface area contributed by atoms with Crippen molar-refractivity contribution in [2.75, 3.05) is 0 Å². The Hall–Kier alpha value is 0.540. The van der Waals surface area contributed by atoms with E-state index in [2.05, 4.69) is 62.1 Å². The summed E-state index contributed by atoms with van der Waals surface area (Å²) in [6.45, 7) is 4.17. The molecule has 0 radical (unpaired) electrons. The number of halogens is 2. The lowest BCUT2D eigenvalue weighted by atomic mass is 10.3. The molecule has 1 rings (SSSR count). The highest BCUT2D eigenvalue weighted by Crippen LogP contribution is 2.15. The summed E-state index contributed by atoms with van der Waals surface area (Å²) in [5.41, 5.74) is 1.10. The second-order valence-corrected chi connectivity index (χ2v) is 4.68. The van der Waals surface area contributed by atoms with Crippen molar-refractivity contribution in [3.8, 4) is 0 Å². The van der Waals surface area contributed by atoms with Crippen LogP contribution in [-0.4, -0.2) is 9.97 Å². The Kier molecular flexibility index (Phi) is 4.15. The van der Waals surface area contributed by atoms with Crippen molar-refractivity contribution >= 4 is 45.2 Å². The molecule has 2 nitrogen and oxygen atoms in total. The van der Waals surface area contributed by atoms with E-state index in [1.807, 2.05) is 6.92 Å². The minimum absolute atomic E-state index is 0.972. The van der Waals surface area contributed by atoms with Gasteiger partial charge in [-0.2, -0.15) is 0 Å². The standard InChI is InChI=1S/C8H10I2N2/c1-3-4-6-11-5(2)7(9)8(10)12-6/h3-4H2,1-2H3. The number of hydrogen-bond donors (Lipinski definition) is 0. The third-order valence-electron chi connectivity index (χ3n) is 1.50. The maximum absolute atomic E-state index is 4.40. The van der Waals surface area contributed by atoms with Crippen molar-refractivity contribution in [3.63, 3.8) is 0 Å². The van der Waals surface area contributed by atoms with Crippen molar-refractivity contribution in [2.45, 2.75) is 26.7 Å². The minimum Gasteiger partial charge on any atom is -0.237 e.